The van der Waals surface area contributed by atoms with Crippen LogP contribution in [0.2, 0.25) is 0 Å². The molecule has 3 N–H and O–H groups in total. The SMILES string of the molecule is CCCCC/C=C\C/C=C\C/C=C\CCCCCCCCC(=O)NC(CO)C(O)/C=C/CCCCC. The summed E-state index contributed by atoms with van der Waals surface area (Å²) in [7, 11) is 0. The fourth-order valence-corrected chi connectivity index (χ4v) is 3.94. The number of allylic oxidation sites excluding steroid dienone is 7. The first-order chi connectivity index (χ1) is 17.7. The molecule has 4 nitrogen and oxygen atoms in total. The molecule has 0 aliphatic rings. The summed E-state index contributed by atoms with van der Waals surface area (Å²) in [5.41, 5.74) is 0. The number of aliphatic hydroxyl groups is 2. The van der Waals surface area contributed by atoms with Crippen LogP contribution in [0.4, 0.5) is 0 Å². The van der Waals surface area contributed by atoms with E-state index in [0.717, 1.165) is 51.4 Å². The minimum atomic E-state index is -0.840. The van der Waals surface area contributed by atoms with Crippen LogP contribution in [0.3, 0.4) is 0 Å². The second-order valence-electron chi connectivity index (χ2n) is 9.81. The topological polar surface area (TPSA) is 69.6 Å². The van der Waals surface area contributed by atoms with Gasteiger partial charge < -0.3 is 15.5 Å². The number of carbonyl (C=O) groups excluding carboxylic acids is 1. The minimum Gasteiger partial charge on any atom is -0.394 e. The highest BCUT2D eigenvalue weighted by Gasteiger charge is 2.17. The van der Waals surface area contributed by atoms with Gasteiger partial charge in [0.2, 0.25) is 5.91 Å². The Kier molecular flexibility index (Phi) is 26.6. The molecule has 0 aromatic carbocycles. The Morgan fingerprint density at radius 3 is 1.69 bits per heavy atom. The highest BCUT2D eigenvalue weighted by Crippen LogP contribution is 2.10. The van der Waals surface area contributed by atoms with Gasteiger partial charge in [-0.2, -0.15) is 0 Å². The number of aliphatic hydroxyl groups excluding tert-OH is 2. The van der Waals surface area contributed by atoms with Crippen molar-refractivity contribution in [2.24, 2.45) is 0 Å². The largest absolute Gasteiger partial charge is 0.394 e. The van der Waals surface area contributed by atoms with Gasteiger partial charge in [0, 0.05) is 6.42 Å². The predicted octanol–water partition coefficient (Wildman–Crippen LogP) is 8.11. The van der Waals surface area contributed by atoms with Crippen LogP contribution in [-0.4, -0.2) is 34.9 Å². The van der Waals surface area contributed by atoms with E-state index >= 15 is 0 Å². The first-order valence-corrected chi connectivity index (χ1v) is 14.9. The molecule has 0 radical (unpaired) electrons. The van der Waals surface area contributed by atoms with Crippen LogP contribution in [0, 0.1) is 0 Å². The van der Waals surface area contributed by atoms with Crippen molar-refractivity contribution in [1.29, 1.82) is 0 Å². The van der Waals surface area contributed by atoms with Crippen molar-refractivity contribution in [3.8, 4) is 0 Å². The summed E-state index contributed by atoms with van der Waals surface area (Å²) in [6, 6.07) is -0.624. The maximum absolute atomic E-state index is 12.1. The van der Waals surface area contributed by atoms with Gasteiger partial charge >= 0.3 is 0 Å². The highest BCUT2D eigenvalue weighted by atomic mass is 16.3. The van der Waals surface area contributed by atoms with Crippen molar-refractivity contribution in [1.82, 2.24) is 5.32 Å². The maximum atomic E-state index is 12.1. The molecular formula is C32H57NO3. The van der Waals surface area contributed by atoms with E-state index in [9.17, 15) is 15.0 Å². The van der Waals surface area contributed by atoms with Crippen LogP contribution in [0.25, 0.3) is 0 Å². The summed E-state index contributed by atoms with van der Waals surface area (Å²) in [5, 5.41) is 22.4. The van der Waals surface area contributed by atoms with Crippen LogP contribution in [0.5, 0.6) is 0 Å². The van der Waals surface area contributed by atoms with Gasteiger partial charge in [-0.1, -0.05) is 114 Å². The Balaban J connectivity index is 3.64. The molecule has 0 aromatic heterocycles. The number of rotatable bonds is 25. The first-order valence-electron chi connectivity index (χ1n) is 14.9. The molecule has 0 heterocycles. The quantitative estimate of drug-likeness (QED) is 0.0870. The van der Waals surface area contributed by atoms with Gasteiger partial charge in [-0.3, -0.25) is 4.79 Å². The molecule has 0 rings (SSSR count). The monoisotopic (exact) mass is 503 g/mol. The lowest BCUT2D eigenvalue weighted by Gasteiger charge is -2.20. The summed E-state index contributed by atoms with van der Waals surface area (Å²) in [6.07, 6.45) is 36.3. The molecule has 0 aliphatic carbocycles. The molecule has 4 heteroatoms. The Bertz CT molecular complexity index is 594. The average Bonchev–Trinajstić information content (AvgIpc) is 2.88. The fourth-order valence-electron chi connectivity index (χ4n) is 3.94. The fraction of sp³-hybridized carbons (Fsp3) is 0.719. The van der Waals surface area contributed by atoms with E-state index in [1.807, 2.05) is 6.08 Å². The summed E-state index contributed by atoms with van der Waals surface area (Å²) < 4.78 is 0. The maximum Gasteiger partial charge on any atom is 0.220 e. The molecule has 0 aliphatic heterocycles. The molecule has 2 atom stereocenters. The van der Waals surface area contributed by atoms with Crippen LogP contribution >= 0.6 is 0 Å². The van der Waals surface area contributed by atoms with Gasteiger partial charge in [-0.15, -0.1) is 0 Å². The predicted molar refractivity (Wildman–Crippen MR) is 156 cm³/mol. The summed E-state index contributed by atoms with van der Waals surface area (Å²) >= 11 is 0. The number of hydrogen-bond donors (Lipinski definition) is 3. The van der Waals surface area contributed by atoms with Crippen LogP contribution < -0.4 is 5.32 Å². The number of hydrogen-bond acceptors (Lipinski definition) is 3. The Labute approximate surface area is 223 Å². The number of amides is 1. The van der Waals surface area contributed by atoms with E-state index in [1.54, 1.807) is 6.08 Å². The van der Waals surface area contributed by atoms with E-state index in [4.69, 9.17) is 0 Å². The van der Waals surface area contributed by atoms with E-state index in [1.165, 1.54) is 57.8 Å². The third kappa shape index (κ3) is 24.1. The molecular weight excluding hydrogens is 446 g/mol. The lowest BCUT2D eigenvalue weighted by atomic mass is 10.1. The van der Waals surface area contributed by atoms with E-state index in [0.29, 0.717) is 6.42 Å². The summed E-state index contributed by atoms with van der Waals surface area (Å²) in [4.78, 5) is 12.1. The second kappa shape index (κ2) is 27.9. The lowest BCUT2D eigenvalue weighted by Crippen LogP contribution is -2.45. The Hall–Kier alpha value is -1.65. The molecule has 1 amide bonds. The zero-order chi connectivity index (χ0) is 26.5. The number of nitrogens with one attached hydrogen (secondary N) is 1. The third-order valence-electron chi connectivity index (χ3n) is 6.31. The molecule has 0 saturated heterocycles. The smallest absolute Gasteiger partial charge is 0.220 e. The number of carbonyl (C=O) groups is 1. The standard InChI is InChI=1S/C32H57NO3/c1-3-5-7-9-10-11-12-13-14-15-16-17-18-19-20-21-22-24-26-28-32(36)33-30(29-34)31(35)27-25-23-8-6-4-2/h10-11,13-14,16-17,25,27,30-31,34-35H,3-9,12,15,18-24,26,28-29H2,1-2H3,(H,33,36)/b11-10-,14-13-,17-16-,27-25+. The average molecular weight is 504 g/mol. The Morgan fingerprint density at radius 1 is 0.667 bits per heavy atom. The third-order valence-corrected chi connectivity index (χ3v) is 6.31. The summed E-state index contributed by atoms with van der Waals surface area (Å²) in [5.74, 6) is -0.0883. The molecule has 0 saturated carbocycles. The first kappa shape index (κ1) is 34.4. The molecule has 0 spiro atoms. The van der Waals surface area contributed by atoms with Gasteiger partial charge in [0.15, 0.2) is 0 Å². The number of unbranched alkanes of at least 4 members (excludes halogenated alkanes) is 12. The zero-order valence-electron chi connectivity index (χ0n) is 23.5. The molecule has 36 heavy (non-hydrogen) atoms. The van der Waals surface area contributed by atoms with Crippen molar-refractivity contribution in [2.75, 3.05) is 6.61 Å². The molecule has 0 fully saturated rings. The minimum absolute atomic E-state index is 0.0883. The van der Waals surface area contributed by atoms with E-state index in [-0.39, 0.29) is 12.5 Å². The molecule has 208 valence electrons. The van der Waals surface area contributed by atoms with Crippen molar-refractivity contribution in [3.05, 3.63) is 48.6 Å². The van der Waals surface area contributed by atoms with Gasteiger partial charge in [-0.25, -0.2) is 0 Å². The molecule has 0 aromatic rings. The van der Waals surface area contributed by atoms with Crippen molar-refractivity contribution >= 4 is 5.91 Å². The Morgan fingerprint density at radius 2 is 1.14 bits per heavy atom. The van der Waals surface area contributed by atoms with Gasteiger partial charge in [0.25, 0.3) is 0 Å². The second-order valence-corrected chi connectivity index (χ2v) is 9.81. The highest BCUT2D eigenvalue weighted by molar-refractivity contribution is 5.76. The van der Waals surface area contributed by atoms with Crippen molar-refractivity contribution in [3.63, 3.8) is 0 Å². The van der Waals surface area contributed by atoms with Crippen LogP contribution in [0.15, 0.2) is 48.6 Å². The molecule has 2 unspecified atom stereocenters. The summed E-state index contributed by atoms with van der Waals surface area (Å²) in [6.45, 7) is 4.14. The van der Waals surface area contributed by atoms with Crippen molar-refractivity contribution in [2.45, 2.75) is 142 Å². The molecule has 0 bridgehead atoms. The van der Waals surface area contributed by atoms with Crippen LogP contribution in [0.1, 0.15) is 129 Å². The van der Waals surface area contributed by atoms with Crippen molar-refractivity contribution < 1.29 is 15.0 Å². The van der Waals surface area contributed by atoms with E-state index in [2.05, 4.69) is 55.6 Å². The normalized spacial score (nSPS) is 14.0. The van der Waals surface area contributed by atoms with Gasteiger partial charge in [0.1, 0.15) is 0 Å². The van der Waals surface area contributed by atoms with Crippen LogP contribution in [-0.2, 0) is 4.79 Å². The van der Waals surface area contributed by atoms with Gasteiger partial charge in [-0.05, 0) is 57.8 Å². The van der Waals surface area contributed by atoms with E-state index < -0.39 is 12.1 Å². The lowest BCUT2D eigenvalue weighted by molar-refractivity contribution is -0.123. The van der Waals surface area contributed by atoms with Gasteiger partial charge in [0.05, 0.1) is 18.8 Å². The zero-order valence-corrected chi connectivity index (χ0v) is 23.5.